The van der Waals surface area contributed by atoms with Gasteiger partial charge in [0.2, 0.25) is 0 Å². The van der Waals surface area contributed by atoms with Crippen LogP contribution in [0.25, 0.3) is 0 Å². The van der Waals surface area contributed by atoms with Crippen molar-refractivity contribution in [1.29, 1.82) is 0 Å². The van der Waals surface area contributed by atoms with Gasteiger partial charge in [-0.25, -0.2) is 16.3 Å². The summed E-state index contributed by atoms with van der Waals surface area (Å²) in [5.74, 6) is 1.17. The van der Waals surface area contributed by atoms with Crippen LogP contribution < -0.4 is 25.8 Å². The van der Waals surface area contributed by atoms with Crippen LogP contribution in [-0.2, 0) is 4.79 Å². The molecule has 0 saturated carbocycles. The molecule has 1 amide bonds. The molecule has 2 heterocycles. The predicted octanol–water partition coefficient (Wildman–Crippen LogP) is 1.55. The Balaban J connectivity index is 1.58. The standard InChI is InChI=1S/C19H23N5O3/c1-3-27-17-7-6-14(9-18(17)26-2)15-10-16(23-22-15)19(25)24-21-12-13-5-4-8-20-11-13/h4-9,11-12,15-16,22-23H,3,10H2,1-2H3,(H,24,25)/b21-12+. The van der Waals surface area contributed by atoms with Crippen LogP contribution in [0.5, 0.6) is 11.5 Å². The zero-order valence-electron chi connectivity index (χ0n) is 15.3. The molecule has 8 heteroatoms. The van der Waals surface area contributed by atoms with Crippen LogP contribution >= 0.6 is 0 Å². The highest BCUT2D eigenvalue weighted by molar-refractivity contribution is 5.84. The molecule has 2 atom stereocenters. The maximum Gasteiger partial charge on any atom is 0.258 e. The summed E-state index contributed by atoms with van der Waals surface area (Å²) in [6.07, 6.45) is 5.49. The van der Waals surface area contributed by atoms with Gasteiger partial charge in [0, 0.05) is 24.0 Å². The second-order valence-electron chi connectivity index (χ2n) is 5.99. The third kappa shape index (κ3) is 4.81. The highest BCUT2D eigenvalue weighted by Crippen LogP contribution is 2.32. The first kappa shape index (κ1) is 18.8. The van der Waals surface area contributed by atoms with Gasteiger partial charge < -0.3 is 9.47 Å². The van der Waals surface area contributed by atoms with E-state index in [1.165, 1.54) is 0 Å². The average Bonchev–Trinajstić information content (AvgIpc) is 3.19. The summed E-state index contributed by atoms with van der Waals surface area (Å²) < 4.78 is 10.9. The van der Waals surface area contributed by atoms with Gasteiger partial charge in [-0.1, -0.05) is 12.1 Å². The van der Waals surface area contributed by atoms with Crippen LogP contribution in [0.1, 0.15) is 30.5 Å². The Morgan fingerprint density at radius 3 is 3.00 bits per heavy atom. The first-order chi connectivity index (χ1) is 13.2. The van der Waals surface area contributed by atoms with E-state index in [9.17, 15) is 4.79 Å². The fraction of sp³-hybridized carbons (Fsp3) is 0.316. The number of hydrazine groups is 1. The maximum absolute atomic E-state index is 12.3. The lowest BCUT2D eigenvalue weighted by atomic mass is 10.0. The molecular formula is C19H23N5O3. The molecule has 0 bridgehead atoms. The van der Waals surface area contributed by atoms with E-state index in [2.05, 4.69) is 26.4 Å². The van der Waals surface area contributed by atoms with Gasteiger partial charge in [-0.15, -0.1) is 0 Å². The van der Waals surface area contributed by atoms with E-state index >= 15 is 0 Å². The number of amides is 1. The van der Waals surface area contributed by atoms with E-state index in [1.54, 1.807) is 31.8 Å². The number of nitrogens with zero attached hydrogens (tertiary/aromatic N) is 2. The number of hydrazone groups is 1. The van der Waals surface area contributed by atoms with Gasteiger partial charge in [0.05, 0.1) is 19.9 Å². The van der Waals surface area contributed by atoms with Crippen molar-refractivity contribution in [2.45, 2.75) is 25.4 Å². The van der Waals surface area contributed by atoms with Crippen LogP contribution in [0.15, 0.2) is 47.8 Å². The number of hydrogen-bond acceptors (Lipinski definition) is 7. The molecular weight excluding hydrogens is 346 g/mol. The first-order valence-corrected chi connectivity index (χ1v) is 8.76. The van der Waals surface area contributed by atoms with Gasteiger partial charge in [-0.05, 0) is 37.1 Å². The smallest absolute Gasteiger partial charge is 0.258 e. The molecule has 3 N–H and O–H groups in total. The van der Waals surface area contributed by atoms with Gasteiger partial charge >= 0.3 is 0 Å². The molecule has 1 aromatic heterocycles. The molecule has 2 aromatic rings. The molecule has 142 valence electrons. The molecule has 3 rings (SSSR count). The summed E-state index contributed by atoms with van der Waals surface area (Å²) in [5.41, 5.74) is 10.5. The number of pyridine rings is 1. The summed E-state index contributed by atoms with van der Waals surface area (Å²) in [6.45, 7) is 2.50. The van der Waals surface area contributed by atoms with Crippen molar-refractivity contribution in [2.24, 2.45) is 5.10 Å². The lowest BCUT2D eigenvalue weighted by molar-refractivity contribution is -0.122. The second-order valence-corrected chi connectivity index (χ2v) is 5.99. The van der Waals surface area contributed by atoms with Crippen molar-refractivity contribution >= 4 is 12.1 Å². The number of benzene rings is 1. The predicted molar refractivity (Wildman–Crippen MR) is 102 cm³/mol. The Bertz CT molecular complexity index is 797. The van der Waals surface area contributed by atoms with Crippen molar-refractivity contribution in [3.63, 3.8) is 0 Å². The van der Waals surface area contributed by atoms with E-state index in [4.69, 9.17) is 9.47 Å². The summed E-state index contributed by atoms with van der Waals surface area (Å²) in [7, 11) is 1.61. The third-order valence-electron chi connectivity index (χ3n) is 4.18. The quantitative estimate of drug-likeness (QED) is 0.506. The van der Waals surface area contributed by atoms with E-state index in [-0.39, 0.29) is 11.9 Å². The molecule has 0 radical (unpaired) electrons. The van der Waals surface area contributed by atoms with Gasteiger partial charge in [0.1, 0.15) is 6.04 Å². The van der Waals surface area contributed by atoms with Crippen molar-refractivity contribution < 1.29 is 14.3 Å². The van der Waals surface area contributed by atoms with Crippen LogP contribution in [0, 0.1) is 0 Å². The highest BCUT2D eigenvalue weighted by Gasteiger charge is 2.30. The second kappa shape index (κ2) is 9.11. The summed E-state index contributed by atoms with van der Waals surface area (Å²) in [4.78, 5) is 16.3. The molecule has 27 heavy (non-hydrogen) atoms. The Morgan fingerprint density at radius 1 is 1.37 bits per heavy atom. The topological polar surface area (TPSA) is 96.9 Å². The molecule has 1 aliphatic rings. The molecule has 0 aliphatic carbocycles. The SMILES string of the molecule is CCOc1ccc(C2CC(C(=O)N/N=C/c3cccnc3)NN2)cc1OC. The zero-order chi connectivity index (χ0) is 19.1. The number of ether oxygens (including phenoxy) is 2. The van der Waals surface area contributed by atoms with Gasteiger partial charge in [0.15, 0.2) is 11.5 Å². The number of nitrogens with one attached hydrogen (secondary N) is 3. The van der Waals surface area contributed by atoms with Crippen molar-refractivity contribution in [1.82, 2.24) is 21.3 Å². The van der Waals surface area contributed by atoms with Gasteiger partial charge in [-0.3, -0.25) is 9.78 Å². The molecule has 8 nitrogen and oxygen atoms in total. The minimum Gasteiger partial charge on any atom is -0.493 e. The monoisotopic (exact) mass is 369 g/mol. The fourth-order valence-electron chi connectivity index (χ4n) is 2.82. The Morgan fingerprint density at radius 2 is 2.26 bits per heavy atom. The van der Waals surface area contributed by atoms with Crippen LogP contribution in [0.3, 0.4) is 0 Å². The molecule has 1 saturated heterocycles. The molecule has 1 aliphatic heterocycles. The number of rotatable bonds is 7. The largest absolute Gasteiger partial charge is 0.493 e. The summed E-state index contributed by atoms with van der Waals surface area (Å²) in [5, 5.41) is 3.97. The van der Waals surface area contributed by atoms with Crippen LogP contribution in [-0.4, -0.2) is 36.9 Å². The molecule has 0 spiro atoms. The molecule has 1 fully saturated rings. The Kier molecular flexibility index (Phi) is 6.35. The van der Waals surface area contributed by atoms with Gasteiger partial charge in [0.25, 0.3) is 5.91 Å². The Hall–Kier alpha value is -2.97. The maximum atomic E-state index is 12.3. The van der Waals surface area contributed by atoms with E-state index in [1.807, 2.05) is 31.2 Å². The minimum absolute atomic E-state index is 0.0207. The lowest BCUT2D eigenvalue weighted by Crippen LogP contribution is -2.41. The highest BCUT2D eigenvalue weighted by atomic mass is 16.5. The van der Waals surface area contributed by atoms with Crippen molar-refractivity contribution in [3.8, 4) is 11.5 Å². The van der Waals surface area contributed by atoms with Crippen molar-refractivity contribution in [2.75, 3.05) is 13.7 Å². The first-order valence-electron chi connectivity index (χ1n) is 8.76. The van der Waals surface area contributed by atoms with E-state index in [0.717, 1.165) is 11.1 Å². The molecule has 2 unspecified atom stereocenters. The van der Waals surface area contributed by atoms with Crippen LogP contribution in [0.2, 0.25) is 0 Å². The van der Waals surface area contributed by atoms with Gasteiger partial charge in [-0.2, -0.15) is 5.10 Å². The molecule has 1 aromatic carbocycles. The van der Waals surface area contributed by atoms with Crippen LogP contribution in [0.4, 0.5) is 0 Å². The minimum atomic E-state index is -0.390. The number of hydrogen-bond donors (Lipinski definition) is 3. The van der Waals surface area contributed by atoms with Crippen molar-refractivity contribution in [3.05, 3.63) is 53.9 Å². The average molecular weight is 369 g/mol. The number of carbonyl (C=O) groups excluding carboxylic acids is 1. The normalized spacial score (nSPS) is 19.2. The number of aromatic nitrogens is 1. The number of methoxy groups -OCH3 is 1. The lowest BCUT2D eigenvalue weighted by Gasteiger charge is -2.14. The third-order valence-corrected chi connectivity index (χ3v) is 4.18. The Labute approximate surface area is 157 Å². The van der Waals surface area contributed by atoms with E-state index < -0.39 is 6.04 Å². The zero-order valence-corrected chi connectivity index (χ0v) is 15.3. The fourth-order valence-corrected chi connectivity index (χ4v) is 2.82. The van der Waals surface area contributed by atoms with E-state index in [0.29, 0.717) is 24.5 Å². The summed E-state index contributed by atoms with van der Waals surface area (Å²) in [6, 6.07) is 9.02. The number of carbonyl (C=O) groups is 1. The summed E-state index contributed by atoms with van der Waals surface area (Å²) >= 11 is 0.